The molecule has 3 rings (SSSR count). The van der Waals surface area contributed by atoms with Crippen molar-refractivity contribution in [3.63, 3.8) is 0 Å². The molecule has 0 atom stereocenters. The summed E-state index contributed by atoms with van der Waals surface area (Å²) < 4.78 is 13.5. The van der Waals surface area contributed by atoms with Crippen molar-refractivity contribution in [2.24, 2.45) is 0 Å². The predicted octanol–water partition coefficient (Wildman–Crippen LogP) is 5.02. The van der Waals surface area contributed by atoms with Crippen LogP contribution in [0.3, 0.4) is 0 Å². The van der Waals surface area contributed by atoms with Crippen molar-refractivity contribution in [1.82, 2.24) is 9.97 Å². The van der Waals surface area contributed by atoms with Gasteiger partial charge in [-0.25, -0.2) is 14.4 Å². The normalized spacial score (nSPS) is 11.2. The Kier molecular flexibility index (Phi) is 3.44. The summed E-state index contributed by atoms with van der Waals surface area (Å²) in [6.45, 7) is 3.93. The molecule has 2 nitrogen and oxygen atoms in total. The van der Waals surface area contributed by atoms with Gasteiger partial charge in [0.25, 0.3) is 0 Å². The fraction of sp³-hybridized carbons (Fsp3) is 0.200. The van der Waals surface area contributed by atoms with Gasteiger partial charge in [0, 0.05) is 15.8 Å². The van der Waals surface area contributed by atoms with Gasteiger partial charge in [0.2, 0.25) is 0 Å². The molecule has 0 saturated carbocycles. The standard InChI is InChI=1S/C15H12ClFN2S/c1-3-11-7-12-13(16)18-14(19-15(12)20-11)9-4-8(2)5-10(17)6-9/h4-7H,3H2,1-2H3. The van der Waals surface area contributed by atoms with E-state index in [0.29, 0.717) is 16.5 Å². The van der Waals surface area contributed by atoms with Gasteiger partial charge in [0.05, 0.1) is 0 Å². The van der Waals surface area contributed by atoms with Gasteiger partial charge in [-0.05, 0) is 43.2 Å². The summed E-state index contributed by atoms with van der Waals surface area (Å²) >= 11 is 7.82. The first-order chi connectivity index (χ1) is 9.56. The molecule has 0 aliphatic rings. The van der Waals surface area contributed by atoms with Crippen LogP contribution in [0.4, 0.5) is 4.39 Å². The van der Waals surface area contributed by atoms with Crippen LogP contribution in [0.2, 0.25) is 5.15 Å². The summed E-state index contributed by atoms with van der Waals surface area (Å²) in [5.41, 5.74) is 1.48. The Bertz CT molecular complexity index is 778. The van der Waals surface area contributed by atoms with Crippen molar-refractivity contribution in [2.45, 2.75) is 20.3 Å². The molecule has 0 saturated heterocycles. The molecule has 0 bridgehead atoms. The van der Waals surface area contributed by atoms with E-state index >= 15 is 0 Å². The van der Waals surface area contributed by atoms with Gasteiger partial charge in [0.1, 0.15) is 15.8 Å². The second-order valence-electron chi connectivity index (χ2n) is 4.64. The molecule has 2 aromatic heterocycles. The summed E-state index contributed by atoms with van der Waals surface area (Å²) in [6.07, 6.45) is 0.936. The largest absolute Gasteiger partial charge is 0.217 e. The number of benzene rings is 1. The third kappa shape index (κ3) is 2.41. The molecule has 5 heteroatoms. The van der Waals surface area contributed by atoms with Crippen molar-refractivity contribution in [2.75, 3.05) is 0 Å². The molecule has 3 aromatic rings. The second-order valence-corrected chi connectivity index (χ2v) is 6.11. The van der Waals surface area contributed by atoms with Crippen molar-refractivity contribution >= 4 is 33.2 Å². The van der Waals surface area contributed by atoms with Crippen LogP contribution in [0.1, 0.15) is 17.4 Å². The van der Waals surface area contributed by atoms with Gasteiger partial charge in [-0.3, -0.25) is 0 Å². The maximum Gasteiger partial charge on any atom is 0.162 e. The Morgan fingerprint density at radius 1 is 1.20 bits per heavy atom. The van der Waals surface area contributed by atoms with Gasteiger partial charge in [-0.1, -0.05) is 18.5 Å². The number of rotatable bonds is 2. The van der Waals surface area contributed by atoms with E-state index in [1.54, 1.807) is 11.3 Å². The number of halogens is 2. The fourth-order valence-corrected chi connectivity index (χ4v) is 3.35. The maximum atomic E-state index is 13.5. The lowest BCUT2D eigenvalue weighted by atomic mass is 10.1. The van der Waals surface area contributed by atoms with E-state index in [1.165, 1.54) is 17.0 Å². The number of hydrogen-bond donors (Lipinski definition) is 0. The first kappa shape index (κ1) is 13.5. The van der Waals surface area contributed by atoms with E-state index in [4.69, 9.17) is 11.6 Å². The highest BCUT2D eigenvalue weighted by molar-refractivity contribution is 7.18. The fourth-order valence-electron chi connectivity index (χ4n) is 2.11. The van der Waals surface area contributed by atoms with E-state index in [9.17, 15) is 4.39 Å². The van der Waals surface area contributed by atoms with Crippen molar-refractivity contribution in [3.8, 4) is 11.4 Å². The number of aryl methyl sites for hydroxylation is 2. The topological polar surface area (TPSA) is 25.8 Å². The molecule has 2 heterocycles. The molecule has 0 unspecified atom stereocenters. The maximum absolute atomic E-state index is 13.5. The van der Waals surface area contributed by atoms with Gasteiger partial charge in [-0.15, -0.1) is 11.3 Å². The van der Waals surface area contributed by atoms with E-state index in [0.717, 1.165) is 22.2 Å². The lowest BCUT2D eigenvalue weighted by molar-refractivity contribution is 0.627. The molecular formula is C15H12ClFN2S. The summed E-state index contributed by atoms with van der Waals surface area (Å²) in [4.78, 5) is 10.9. The van der Waals surface area contributed by atoms with Crippen LogP contribution < -0.4 is 0 Å². The predicted molar refractivity (Wildman–Crippen MR) is 81.9 cm³/mol. The van der Waals surface area contributed by atoms with Crippen LogP contribution in [-0.4, -0.2) is 9.97 Å². The quantitative estimate of drug-likeness (QED) is 0.621. The second kappa shape index (κ2) is 5.11. The molecule has 102 valence electrons. The smallest absolute Gasteiger partial charge is 0.162 e. The highest BCUT2D eigenvalue weighted by Gasteiger charge is 2.12. The van der Waals surface area contributed by atoms with Crippen LogP contribution in [0.15, 0.2) is 24.3 Å². The van der Waals surface area contributed by atoms with Crippen molar-refractivity contribution < 1.29 is 4.39 Å². The Hall–Kier alpha value is -1.52. The Labute approximate surface area is 125 Å². The molecule has 0 radical (unpaired) electrons. The Morgan fingerprint density at radius 2 is 2.00 bits per heavy atom. The summed E-state index contributed by atoms with van der Waals surface area (Å²) in [6, 6.07) is 6.78. The Morgan fingerprint density at radius 3 is 2.70 bits per heavy atom. The summed E-state index contributed by atoms with van der Waals surface area (Å²) in [5.74, 6) is 0.176. The molecular weight excluding hydrogens is 295 g/mol. The minimum Gasteiger partial charge on any atom is -0.217 e. The number of aromatic nitrogens is 2. The average molecular weight is 307 g/mol. The van der Waals surface area contributed by atoms with Gasteiger partial charge < -0.3 is 0 Å². The van der Waals surface area contributed by atoms with Crippen LogP contribution in [0.5, 0.6) is 0 Å². The molecule has 20 heavy (non-hydrogen) atoms. The molecule has 0 aliphatic heterocycles. The average Bonchev–Trinajstić information content (AvgIpc) is 2.81. The third-order valence-corrected chi connectivity index (χ3v) is 4.51. The molecule has 1 aromatic carbocycles. The van der Waals surface area contributed by atoms with E-state index < -0.39 is 0 Å². The SMILES string of the molecule is CCc1cc2c(Cl)nc(-c3cc(C)cc(F)c3)nc2s1. The zero-order valence-electron chi connectivity index (χ0n) is 11.1. The minimum atomic E-state index is -0.291. The summed E-state index contributed by atoms with van der Waals surface area (Å²) in [7, 11) is 0. The molecule has 0 N–H and O–H groups in total. The van der Waals surface area contributed by atoms with Gasteiger partial charge >= 0.3 is 0 Å². The third-order valence-electron chi connectivity index (χ3n) is 3.05. The number of thiophene rings is 1. The van der Waals surface area contributed by atoms with Crippen LogP contribution in [0, 0.1) is 12.7 Å². The lowest BCUT2D eigenvalue weighted by Gasteiger charge is -2.03. The van der Waals surface area contributed by atoms with E-state index in [-0.39, 0.29) is 5.82 Å². The highest BCUT2D eigenvalue weighted by atomic mass is 35.5. The van der Waals surface area contributed by atoms with Gasteiger partial charge in [-0.2, -0.15) is 0 Å². The first-order valence-electron chi connectivity index (χ1n) is 6.30. The highest BCUT2D eigenvalue weighted by Crippen LogP contribution is 2.31. The Balaban J connectivity index is 2.21. The molecule has 0 amide bonds. The lowest BCUT2D eigenvalue weighted by Crippen LogP contribution is -1.91. The van der Waals surface area contributed by atoms with E-state index in [2.05, 4.69) is 16.9 Å². The van der Waals surface area contributed by atoms with Gasteiger partial charge in [0.15, 0.2) is 5.82 Å². The van der Waals surface area contributed by atoms with Crippen molar-refractivity contribution in [1.29, 1.82) is 0 Å². The molecule has 0 fully saturated rings. The van der Waals surface area contributed by atoms with Crippen LogP contribution >= 0.6 is 22.9 Å². The molecule has 0 spiro atoms. The van der Waals surface area contributed by atoms with Crippen molar-refractivity contribution in [3.05, 3.63) is 45.7 Å². The number of nitrogens with zero attached hydrogens (tertiary/aromatic N) is 2. The first-order valence-corrected chi connectivity index (χ1v) is 7.50. The zero-order valence-corrected chi connectivity index (χ0v) is 12.6. The number of fused-ring (bicyclic) bond motifs is 1. The zero-order chi connectivity index (χ0) is 14.3. The minimum absolute atomic E-state index is 0.291. The summed E-state index contributed by atoms with van der Waals surface area (Å²) in [5, 5.41) is 1.29. The van der Waals surface area contributed by atoms with Crippen LogP contribution in [0.25, 0.3) is 21.6 Å². The van der Waals surface area contributed by atoms with E-state index in [1.807, 2.05) is 19.1 Å². The molecule has 0 aliphatic carbocycles. The van der Waals surface area contributed by atoms with Crippen LogP contribution in [-0.2, 0) is 6.42 Å². The number of hydrogen-bond acceptors (Lipinski definition) is 3. The monoisotopic (exact) mass is 306 g/mol.